The smallest absolute Gasteiger partial charge is 0.328 e. The minimum Gasteiger partial charge on any atom is -0.478 e. The maximum absolute atomic E-state index is 12.0. The lowest BCUT2D eigenvalue weighted by molar-refractivity contribution is -0.131. The van der Waals surface area contributed by atoms with Crippen LogP contribution in [0.1, 0.15) is 22.3 Å². The highest BCUT2D eigenvalue weighted by Gasteiger charge is 2.18. The molecule has 5 heteroatoms. The van der Waals surface area contributed by atoms with Crippen LogP contribution in [0.25, 0.3) is 6.08 Å². The molecule has 100 valence electrons. The van der Waals surface area contributed by atoms with E-state index in [0.29, 0.717) is 24.3 Å². The number of aliphatic carboxylic acids is 1. The van der Waals surface area contributed by atoms with Crippen molar-refractivity contribution in [3.05, 3.63) is 41.5 Å². The summed E-state index contributed by atoms with van der Waals surface area (Å²) in [5.74, 6) is -1.18. The molecule has 19 heavy (non-hydrogen) atoms. The van der Waals surface area contributed by atoms with Gasteiger partial charge in [0.05, 0.1) is 12.6 Å². The van der Waals surface area contributed by atoms with Crippen LogP contribution < -0.4 is 5.32 Å². The third-order valence-electron chi connectivity index (χ3n) is 2.83. The SMILES string of the molecule is O=C(O)/C=C/c1cccc(C(=O)NC2CCOC2)c1. The fraction of sp³-hybridized carbons (Fsp3) is 0.286. The van der Waals surface area contributed by atoms with Crippen molar-refractivity contribution in [1.82, 2.24) is 5.32 Å². The second-order valence-corrected chi connectivity index (χ2v) is 4.33. The van der Waals surface area contributed by atoms with Crippen LogP contribution in [0.2, 0.25) is 0 Å². The van der Waals surface area contributed by atoms with Crippen LogP contribution in [-0.2, 0) is 9.53 Å². The lowest BCUT2D eigenvalue weighted by Gasteiger charge is -2.10. The quantitative estimate of drug-likeness (QED) is 0.801. The van der Waals surface area contributed by atoms with E-state index in [-0.39, 0.29) is 11.9 Å². The van der Waals surface area contributed by atoms with E-state index in [2.05, 4.69) is 5.32 Å². The molecule has 1 aliphatic heterocycles. The van der Waals surface area contributed by atoms with Gasteiger partial charge in [0.2, 0.25) is 0 Å². The number of nitrogens with one attached hydrogen (secondary N) is 1. The first-order valence-corrected chi connectivity index (χ1v) is 6.05. The lowest BCUT2D eigenvalue weighted by atomic mass is 10.1. The fourth-order valence-electron chi connectivity index (χ4n) is 1.87. The van der Waals surface area contributed by atoms with Crippen molar-refractivity contribution in [2.45, 2.75) is 12.5 Å². The molecular weight excluding hydrogens is 246 g/mol. The van der Waals surface area contributed by atoms with Gasteiger partial charge in [-0.3, -0.25) is 4.79 Å². The number of hydrogen-bond donors (Lipinski definition) is 2. The Morgan fingerprint density at radius 3 is 2.95 bits per heavy atom. The van der Waals surface area contributed by atoms with E-state index >= 15 is 0 Å². The van der Waals surface area contributed by atoms with E-state index in [1.807, 2.05) is 0 Å². The molecule has 5 nitrogen and oxygen atoms in total. The van der Waals surface area contributed by atoms with Crippen LogP contribution in [0.5, 0.6) is 0 Å². The number of carboxylic acids is 1. The summed E-state index contributed by atoms with van der Waals surface area (Å²) in [6, 6.07) is 6.88. The number of carboxylic acid groups (broad SMARTS) is 1. The van der Waals surface area contributed by atoms with Gasteiger partial charge in [0, 0.05) is 18.2 Å². The van der Waals surface area contributed by atoms with E-state index in [9.17, 15) is 9.59 Å². The van der Waals surface area contributed by atoms with Gasteiger partial charge in [0.15, 0.2) is 0 Å². The van der Waals surface area contributed by atoms with Gasteiger partial charge >= 0.3 is 5.97 Å². The number of benzene rings is 1. The Bertz CT molecular complexity index is 504. The molecule has 0 radical (unpaired) electrons. The minimum atomic E-state index is -1.02. The largest absolute Gasteiger partial charge is 0.478 e. The molecule has 1 saturated heterocycles. The van der Waals surface area contributed by atoms with Crippen molar-refractivity contribution < 1.29 is 19.4 Å². The maximum Gasteiger partial charge on any atom is 0.328 e. The van der Waals surface area contributed by atoms with Crippen LogP contribution in [0.4, 0.5) is 0 Å². The molecule has 1 heterocycles. The predicted octanol–water partition coefficient (Wildman–Crippen LogP) is 1.30. The number of carbonyl (C=O) groups excluding carboxylic acids is 1. The lowest BCUT2D eigenvalue weighted by Crippen LogP contribution is -2.34. The summed E-state index contributed by atoms with van der Waals surface area (Å²) in [6.07, 6.45) is 3.32. The molecule has 2 N–H and O–H groups in total. The highest BCUT2D eigenvalue weighted by Crippen LogP contribution is 2.09. The van der Waals surface area contributed by atoms with Crippen LogP contribution in [0, 0.1) is 0 Å². The van der Waals surface area contributed by atoms with Gasteiger partial charge in [-0.1, -0.05) is 12.1 Å². The van der Waals surface area contributed by atoms with Gasteiger partial charge in [-0.05, 0) is 30.2 Å². The van der Waals surface area contributed by atoms with Gasteiger partial charge in [0.25, 0.3) is 5.91 Å². The standard InChI is InChI=1S/C14H15NO4/c16-13(17)5-4-10-2-1-3-11(8-10)14(18)15-12-6-7-19-9-12/h1-5,8,12H,6-7,9H2,(H,15,18)(H,16,17)/b5-4+. The molecule has 1 aliphatic rings. The summed E-state index contributed by atoms with van der Waals surface area (Å²) in [5, 5.41) is 11.4. The minimum absolute atomic E-state index is 0.0608. The zero-order chi connectivity index (χ0) is 13.7. The van der Waals surface area contributed by atoms with Crippen LogP contribution in [-0.4, -0.2) is 36.2 Å². The Labute approximate surface area is 110 Å². The van der Waals surface area contributed by atoms with Gasteiger partial charge < -0.3 is 15.2 Å². The Kier molecular flexibility index (Phi) is 4.30. The summed E-state index contributed by atoms with van der Waals surface area (Å²) < 4.78 is 5.19. The molecule has 2 rings (SSSR count). The summed E-state index contributed by atoms with van der Waals surface area (Å²) in [6.45, 7) is 1.22. The monoisotopic (exact) mass is 261 g/mol. The third kappa shape index (κ3) is 3.93. The van der Waals surface area contributed by atoms with Crippen molar-refractivity contribution in [3.8, 4) is 0 Å². The molecule has 1 amide bonds. The summed E-state index contributed by atoms with van der Waals surface area (Å²) in [5.41, 5.74) is 1.19. The Hall–Kier alpha value is -2.14. The first kappa shape index (κ1) is 13.3. The van der Waals surface area contributed by atoms with E-state index < -0.39 is 5.97 Å². The second kappa shape index (κ2) is 6.15. The zero-order valence-electron chi connectivity index (χ0n) is 10.3. The zero-order valence-corrected chi connectivity index (χ0v) is 10.3. The Morgan fingerprint density at radius 2 is 2.26 bits per heavy atom. The van der Waals surface area contributed by atoms with E-state index in [0.717, 1.165) is 12.5 Å². The average molecular weight is 261 g/mol. The maximum atomic E-state index is 12.0. The molecule has 1 unspecified atom stereocenters. The number of ether oxygens (including phenoxy) is 1. The molecule has 0 bridgehead atoms. The number of carbonyl (C=O) groups is 2. The highest BCUT2D eigenvalue weighted by molar-refractivity contribution is 5.95. The van der Waals surface area contributed by atoms with Gasteiger partial charge in [-0.25, -0.2) is 4.79 Å². The molecule has 1 atom stereocenters. The van der Waals surface area contributed by atoms with Crippen molar-refractivity contribution in [3.63, 3.8) is 0 Å². The van der Waals surface area contributed by atoms with Gasteiger partial charge in [-0.15, -0.1) is 0 Å². The fourth-order valence-corrected chi connectivity index (χ4v) is 1.87. The topological polar surface area (TPSA) is 75.6 Å². The van der Waals surface area contributed by atoms with Crippen molar-refractivity contribution in [2.75, 3.05) is 13.2 Å². The summed E-state index contributed by atoms with van der Waals surface area (Å²) >= 11 is 0. The molecular formula is C14H15NO4. The third-order valence-corrected chi connectivity index (χ3v) is 2.83. The average Bonchev–Trinajstić information content (AvgIpc) is 2.89. The molecule has 0 spiro atoms. The van der Waals surface area contributed by atoms with Crippen LogP contribution in [0.3, 0.4) is 0 Å². The van der Waals surface area contributed by atoms with E-state index in [1.165, 1.54) is 6.08 Å². The predicted molar refractivity (Wildman–Crippen MR) is 69.8 cm³/mol. The number of hydrogen-bond acceptors (Lipinski definition) is 3. The number of rotatable bonds is 4. The molecule has 0 saturated carbocycles. The molecule has 1 aromatic carbocycles. The summed E-state index contributed by atoms with van der Waals surface area (Å²) in [7, 11) is 0. The van der Waals surface area contributed by atoms with Crippen LogP contribution >= 0.6 is 0 Å². The molecule has 0 aromatic heterocycles. The van der Waals surface area contributed by atoms with Crippen molar-refractivity contribution >= 4 is 18.0 Å². The highest BCUT2D eigenvalue weighted by atomic mass is 16.5. The normalized spacial score (nSPS) is 18.6. The van der Waals surface area contributed by atoms with Crippen molar-refractivity contribution in [1.29, 1.82) is 0 Å². The Morgan fingerprint density at radius 1 is 1.42 bits per heavy atom. The van der Waals surface area contributed by atoms with Crippen LogP contribution in [0.15, 0.2) is 30.3 Å². The second-order valence-electron chi connectivity index (χ2n) is 4.33. The van der Waals surface area contributed by atoms with E-state index in [4.69, 9.17) is 9.84 Å². The van der Waals surface area contributed by atoms with Gasteiger partial charge in [-0.2, -0.15) is 0 Å². The van der Waals surface area contributed by atoms with E-state index in [1.54, 1.807) is 24.3 Å². The number of amides is 1. The molecule has 1 aromatic rings. The first-order chi connectivity index (χ1) is 9.15. The first-order valence-electron chi connectivity index (χ1n) is 6.05. The molecule has 1 fully saturated rings. The molecule has 0 aliphatic carbocycles. The van der Waals surface area contributed by atoms with Gasteiger partial charge in [0.1, 0.15) is 0 Å². The summed E-state index contributed by atoms with van der Waals surface area (Å²) in [4.78, 5) is 22.4. The van der Waals surface area contributed by atoms with Crippen molar-refractivity contribution in [2.24, 2.45) is 0 Å². The Balaban J connectivity index is 2.04.